The highest BCUT2D eigenvalue weighted by molar-refractivity contribution is 6.63. The molecule has 68 valence electrons. The number of amides is 1. The minimum absolute atomic E-state index is 0.353. The van der Waals surface area contributed by atoms with Crippen molar-refractivity contribution in [2.45, 2.75) is 24.6 Å². The first kappa shape index (κ1) is 9.87. The quantitative estimate of drug-likeness (QED) is 0.340. The lowest BCUT2D eigenvalue weighted by Gasteiger charge is -2.24. The van der Waals surface area contributed by atoms with Crippen molar-refractivity contribution < 1.29 is 4.79 Å². The van der Waals surface area contributed by atoms with E-state index in [2.05, 4.69) is 0 Å². The molecular weight excluding hydrogens is 197 g/mol. The van der Waals surface area contributed by atoms with E-state index in [-0.39, 0.29) is 4.87 Å². The standard InChI is InChI=1S/C8H11Cl2NO/c1-8(10)4-2-3-5-11(6-8)7(9)12/h3,5H,2,4,6H2,1H3. The summed E-state index contributed by atoms with van der Waals surface area (Å²) in [6.45, 7) is 2.39. The number of rotatable bonds is 0. The Morgan fingerprint density at radius 2 is 2.33 bits per heavy atom. The second-order valence-electron chi connectivity index (χ2n) is 3.22. The first-order valence-electron chi connectivity index (χ1n) is 3.83. The molecule has 1 heterocycles. The van der Waals surface area contributed by atoms with Gasteiger partial charge in [0.1, 0.15) is 0 Å². The number of halogens is 2. The number of alkyl halides is 1. The van der Waals surface area contributed by atoms with Crippen LogP contribution in [0.4, 0.5) is 4.79 Å². The van der Waals surface area contributed by atoms with E-state index in [0.29, 0.717) is 6.54 Å². The highest BCUT2D eigenvalue weighted by atomic mass is 35.5. The summed E-state index contributed by atoms with van der Waals surface area (Å²) < 4.78 is 0. The molecule has 0 radical (unpaired) electrons. The predicted molar refractivity (Wildman–Crippen MR) is 50.6 cm³/mol. The maximum Gasteiger partial charge on any atom is 0.320 e. The van der Waals surface area contributed by atoms with Gasteiger partial charge >= 0.3 is 5.37 Å². The molecule has 0 spiro atoms. The molecule has 1 amide bonds. The van der Waals surface area contributed by atoms with Gasteiger partial charge in [-0.1, -0.05) is 6.08 Å². The zero-order chi connectivity index (χ0) is 9.19. The van der Waals surface area contributed by atoms with Crippen LogP contribution in [0.1, 0.15) is 19.8 Å². The molecule has 0 saturated carbocycles. The number of carbonyl (C=O) groups excluding carboxylic acids is 1. The van der Waals surface area contributed by atoms with Crippen LogP contribution in [0.15, 0.2) is 12.3 Å². The summed E-state index contributed by atoms with van der Waals surface area (Å²) in [7, 11) is 0. The average molecular weight is 208 g/mol. The fourth-order valence-electron chi connectivity index (χ4n) is 1.19. The molecule has 4 heteroatoms. The third kappa shape index (κ3) is 2.68. The van der Waals surface area contributed by atoms with E-state index in [1.165, 1.54) is 4.90 Å². The third-order valence-corrected chi connectivity index (χ3v) is 2.37. The van der Waals surface area contributed by atoms with Gasteiger partial charge in [-0.2, -0.15) is 0 Å². The molecule has 1 aliphatic heterocycles. The van der Waals surface area contributed by atoms with E-state index in [1.807, 2.05) is 13.0 Å². The van der Waals surface area contributed by atoms with Crippen LogP contribution in [0, 0.1) is 0 Å². The van der Waals surface area contributed by atoms with E-state index in [0.717, 1.165) is 12.8 Å². The van der Waals surface area contributed by atoms with Gasteiger partial charge in [-0.3, -0.25) is 4.79 Å². The Labute approximate surface area is 82.1 Å². The molecule has 0 saturated heterocycles. The van der Waals surface area contributed by atoms with Crippen LogP contribution in [-0.4, -0.2) is 21.7 Å². The van der Waals surface area contributed by atoms with Gasteiger partial charge in [0.05, 0.1) is 4.87 Å². The van der Waals surface area contributed by atoms with Gasteiger partial charge in [0.15, 0.2) is 0 Å². The van der Waals surface area contributed by atoms with Crippen molar-refractivity contribution in [2.75, 3.05) is 6.54 Å². The second-order valence-corrected chi connectivity index (χ2v) is 4.45. The molecule has 0 fully saturated rings. The molecule has 1 rings (SSSR count). The van der Waals surface area contributed by atoms with Gasteiger partial charge < -0.3 is 4.90 Å². The molecule has 1 atom stereocenters. The summed E-state index contributed by atoms with van der Waals surface area (Å²) in [5.41, 5.74) is 0. The predicted octanol–water partition coefficient (Wildman–Crippen LogP) is 2.95. The van der Waals surface area contributed by atoms with Gasteiger partial charge in [-0.05, 0) is 31.4 Å². The van der Waals surface area contributed by atoms with Crippen LogP contribution >= 0.6 is 23.2 Å². The molecule has 1 unspecified atom stereocenters. The monoisotopic (exact) mass is 207 g/mol. The summed E-state index contributed by atoms with van der Waals surface area (Å²) in [6, 6.07) is 0. The van der Waals surface area contributed by atoms with Crippen molar-refractivity contribution in [1.29, 1.82) is 0 Å². The number of allylic oxidation sites excluding steroid dienone is 1. The van der Waals surface area contributed by atoms with Gasteiger partial charge in [-0.25, -0.2) is 0 Å². The zero-order valence-electron chi connectivity index (χ0n) is 6.89. The molecule has 0 aliphatic carbocycles. The Hall–Kier alpha value is -0.210. The van der Waals surface area contributed by atoms with Crippen LogP contribution in [0.5, 0.6) is 0 Å². The van der Waals surface area contributed by atoms with Gasteiger partial charge in [0.25, 0.3) is 0 Å². The highest BCUT2D eigenvalue weighted by Crippen LogP contribution is 2.25. The van der Waals surface area contributed by atoms with Crippen molar-refractivity contribution in [3.63, 3.8) is 0 Å². The van der Waals surface area contributed by atoms with Crippen molar-refractivity contribution in [1.82, 2.24) is 4.90 Å². The lowest BCUT2D eigenvalue weighted by Crippen LogP contribution is -2.33. The molecule has 0 bridgehead atoms. The lowest BCUT2D eigenvalue weighted by molar-refractivity contribution is 0.234. The molecule has 0 aromatic carbocycles. The fourth-order valence-corrected chi connectivity index (χ4v) is 1.55. The normalized spacial score (nSPS) is 30.1. The number of hydrogen-bond acceptors (Lipinski definition) is 1. The lowest BCUT2D eigenvalue weighted by atomic mass is 10.1. The van der Waals surface area contributed by atoms with Gasteiger partial charge in [0, 0.05) is 12.7 Å². The molecule has 0 N–H and O–H groups in total. The van der Waals surface area contributed by atoms with E-state index in [1.54, 1.807) is 6.20 Å². The van der Waals surface area contributed by atoms with Gasteiger partial charge in [-0.15, -0.1) is 11.6 Å². The average Bonchev–Trinajstić information content (AvgIpc) is 2.10. The number of carbonyl (C=O) groups is 1. The molecule has 12 heavy (non-hydrogen) atoms. The Bertz CT molecular complexity index is 213. The summed E-state index contributed by atoms with van der Waals surface area (Å²) in [5, 5.41) is -0.472. The molecule has 0 aromatic rings. The van der Waals surface area contributed by atoms with Crippen LogP contribution in [0.3, 0.4) is 0 Å². The molecule has 2 nitrogen and oxygen atoms in total. The second kappa shape index (κ2) is 3.67. The maximum absolute atomic E-state index is 10.8. The van der Waals surface area contributed by atoms with Crippen molar-refractivity contribution >= 4 is 28.6 Å². The highest BCUT2D eigenvalue weighted by Gasteiger charge is 2.26. The Kier molecular flexibility index (Phi) is 3.02. The largest absolute Gasteiger partial charge is 0.320 e. The Balaban J connectivity index is 2.69. The van der Waals surface area contributed by atoms with Crippen LogP contribution < -0.4 is 0 Å². The Morgan fingerprint density at radius 1 is 1.67 bits per heavy atom. The first-order chi connectivity index (χ1) is 5.51. The Morgan fingerprint density at radius 3 is 2.92 bits per heavy atom. The van der Waals surface area contributed by atoms with Crippen molar-refractivity contribution in [3.8, 4) is 0 Å². The summed E-state index contributed by atoms with van der Waals surface area (Å²) in [4.78, 5) is 11.9. The van der Waals surface area contributed by atoms with E-state index < -0.39 is 5.37 Å². The van der Waals surface area contributed by atoms with Crippen LogP contribution in [0.25, 0.3) is 0 Å². The van der Waals surface area contributed by atoms with Gasteiger partial charge in [0.2, 0.25) is 0 Å². The molecule has 0 aromatic heterocycles. The SMILES string of the molecule is CC1(Cl)CCC=CN(C(=O)Cl)C1. The van der Waals surface area contributed by atoms with Crippen LogP contribution in [-0.2, 0) is 0 Å². The number of hydrogen-bond donors (Lipinski definition) is 0. The minimum Gasteiger partial charge on any atom is -0.304 e. The van der Waals surface area contributed by atoms with E-state index >= 15 is 0 Å². The summed E-state index contributed by atoms with van der Waals surface area (Å²) in [5.74, 6) is 0. The topological polar surface area (TPSA) is 20.3 Å². The van der Waals surface area contributed by atoms with Crippen molar-refractivity contribution in [2.24, 2.45) is 0 Å². The van der Waals surface area contributed by atoms with Crippen LogP contribution in [0.2, 0.25) is 0 Å². The van der Waals surface area contributed by atoms with E-state index in [9.17, 15) is 4.79 Å². The van der Waals surface area contributed by atoms with Crippen molar-refractivity contribution in [3.05, 3.63) is 12.3 Å². The maximum atomic E-state index is 10.8. The minimum atomic E-state index is -0.472. The fraction of sp³-hybridized carbons (Fsp3) is 0.625. The summed E-state index contributed by atoms with van der Waals surface area (Å²) >= 11 is 11.5. The van der Waals surface area contributed by atoms with E-state index in [4.69, 9.17) is 23.2 Å². The zero-order valence-corrected chi connectivity index (χ0v) is 8.40. The third-order valence-electron chi connectivity index (χ3n) is 1.84. The smallest absolute Gasteiger partial charge is 0.304 e. The first-order valence-corrected chi connectivity index (χ1v) is 4.58. The number of nitrogens with zero attached hydrogens (tertiary/aromatic N) is 1. The summed E-state index contributed by atoms with van der Waals surface area (Å²) in [6.07, 6.45) is 5.36. The molecule has 1 aliphatic rings. The molecular formula is C8H11Cl2NO.